The van der Waals surface area contributed by atoms with Gasteiger partial charge in [0, 0.05) is 12.1 Å². The van der Waals surface area contributed by atoms with Crippen LogP contribution < -0.4 is 0 Å². The molecule has 0 N–H and O–H groups in total. The summed E-state index contributed by atoms with van der Waals surface area (Å²) < 4.78 is 37.8. The van der Waals surface area contributed by atoms with Crippen molar-refractivity contribution in [1.29, 1.82) is 0 Å². The van der Waals surface area contributed by atoms with Crippen LogP contribution in [-0.2, 0) is 0 Å². The molecule has 0 aliphatic carbocycles. The van der Waals surface area contributed by atoms with E-state index in [1.807, 2.05) is 6.92 Å². The Hall–Kier alpha value is -2.44. The van der Waals surface area contributed by atoms with Gasteiger partial charge in [0.2, 0.25) is 0 Å². The van der Waals surface area contributed by atoms with E-state index in [4.69, 9.17) is 0 Å². The second-order valence-electron chi connectivity index (χ2n) is 5.19. The van der Waals surface area contributed by atoms with Crippen LogP contribution in [0.15, 0.2) is 30.9 Å². The molecular weight excluding hydrogens is 307 g/mol. The van der Waals surface area contributed by atoms with Crippen molar-refractivity contribution in [3.63, 3.8) is 0 Å². The number of hydrogen-bond donors (Lipinski definition) is 0. The minimum atomic E-state index is -4.47. The van der Waals surface area contributed by atoms with Gasteiger partial charge in [0.1, 0.15) is 6.54 Å². The van der Waals surface area contributed by atoms with Gasteiger partial charge >= 0.3 is 6.18 Å². The first-order valence-corrected chi connectivity index (χ1v) is 6.93. The van der Waals surface area contributed by atoms with E-state index in [2.05, 4.69) is 16.5 Å². The molecule has 1 aromatic heterocycles. The van der Waals surface area contributed by atoms with Crippen LogP contribution in [0.4, 0.5) is 13.2 Å². The highest BCUT2D eigenvalue weighted by molar-refractivity contribution is 5.97. The lowest BCUT2D eigenvalue weighted by atomic mass is 10.1. The van der Waals surface area contributed by atoms with Crippen molar-refractivity contribution in [3.05, 3.63) is 47.8 Å². The number of halogens is 3. The number of amides is 1. The van der Waals surface area contributed by atoms with E-state index >= 15 is 0 Å². The molecule has 4 nitrogen and oxygen atoms in total. The number of aromatic nitrogens is 2. The zero-order valence-electron chi connectivity index (χ0n) is 12.8. The quantitative estimate of drug-likeness (QED) is 0.810. The first-order chi connectivity index (χ1) is 10.7. The van der Waals surface area contributed by atoms with Gasteiger partial charge in [-0.2, -0.15) is 13.2 Å². The maximum absolute atomic E-state index is 12.6. The van der Waals surface area contributed by atoms with E-state index in [0.29, 0.717) is 21.6 Å². The lowest BCUT2D eigenvalue weighted by Crippen LogP contribution is -2.39. The number of benzene rings is 1. The van der Waals surface area contributed by atoms with E-state index < -0.39 is 18.6 Å². The van der Waals surface area contributed by atoms with Crippen molar-refractivity contribution in [2.75, 3.05) is 13.1 Å². The molecule has 0 saturated heterocycles. The highest BCUT2D eigenvalue weighted by atomic mass is 19.4. The van der Waals surface area contributed by atoms with E-state index in [9.17, 15) is 18.0 Å². The normalized spacial score (nSPS) is 11.5. The fraction of sp³-hybridized carbons (Fsp3) is 0.312. The van der Waals surface area contributed by atoms with E-state index in [-0.39, 0.29) is 12.1 Å². The van der Waals surface area contributed by atoms with Gasteiger partial charge in [-0.15, -0.1) is 6.58 Å². The number of hydrogen-bond acceptors (Lipinski definition) is 3. The summed E-state index contributed by atoms with van der Waals surface area (Å²) in [6, 6.07) is 4.51. The Morgan fingerprint density at radius 1 is 1.22 bits per heavy atom. The van der Waals surface area contributed by atoms with Crippen molar-refractivity contribution >= 4 is 16.9 Å². The molecule has 0 bridgehead atoms. The Labute approximate surface area is 131 Å². The zero-order chi connectivity index (χ0) is 17.2. The molecule has 0 atom stereocenters. The molecule has 0 aliphatic rings. The first-order valence-electron chi connectivity index (χ1n) is 6.93. The maximum Gasteiger partial charge on any atom is 0.406 e. The summed E-state index contributed by atoms with van der Waals surface area (Å²) in [5.41, 5.74) is 2.68. The largest absolute Gasteiger partial charge is 0.406 e. The number of fused-ring (bicyclic) bond motifs is 1. The molecule has 122 valence electrons. The van der Waals surface area contributed by atoms with Gasteiger partial charge in [-0.1, -0.05) is 6.08 Å². The van der Waals surface area contributed by atoms with Crippen LogP contribution in [-0.4, -0.2) is 40.0 Å². The lowest BCUT2D eigenvalue weighted by molar-refractivity contribution is -0.139. The number of carbonyl (C=O) groups excluding carboxylic acids is 1. The van der Waals surface area contributed by atoms with Crippen LogP contribution in [0, 0.1) is 13.8 Å². The van der Waals surface area contributed by atoms with Crippen molar-refractivity contribution in [3.8, 4) is 0 Å². The average Bonchev–Trinajstić information content (AvgIpc) is 2.45. The Bertz CT molecular complexity index is 756. The summed E-state index contributed by atoms with van der Waals surface area (Å²) in [4.78, 5) is 21.7. The molecular formula is C16H16F3N3O. The molecule has 0 unspecified atom stereocenters. The van der Waals surface area contributed by atoms with Gasteiger partial charge in [0.25, 0.3) is 5.91 Å². The predicted octanol–water partition coefficient (Wildman–Crippen LogP) is 3.44. The van der Waals surface area contributed by atoms with E-state index in [1.165, 1.54) is 18.2 Å². The Balaban J connectivity index is 2.38. The monoisotopic (exact) mass is 323 g/mol. The van der Waals surface area contributed by atoms with Gasteiger partial charge in [-0.3, -0.25) is 4.79 Å². The average molecular weight is 323 g/mol. The molecule has 2 aromatic rings. The van der Waals surface area contributed by atoms with Crippen molar-refractivity contribution < 1.29 is 18.0 Å². The summed E-state index contributed by atoms with van der Waals surface area (Å²) in [6.45, 7) is 5.48. The summed E-state index contributed by atoms with van der Waals surface area (Å²) in [7, 11) is 0. The number of nitrogens with zero attached hydrogens (tertiary/aromatic N) is 3. The summed E-state index contributed by atoms with van der Waals surface area (Å²) >= 11 is 0. The molecule has 1 amide bonds. The third-order valence-electron chi connectivity index (χ3n) is 3.33. The first kappa shape index (κ1) is 16.9. The highest BCUT2D eigenvalue weighted by Gasteiger charge is 2.32. The molecule has 2 rings (SSSR count). The SMILES string of the molecule is C=CCN(CC(F)(F)F)C(=O)c1ccc2nc(C)c(C)nc2c1. The lowest BCUT2D eigenvalue weighted by Gasteiger charge is -2.22. The van der Waals surface area contributed by atoms with Crippen LogP contribution in [0.1, 0.15) is 21.7 Å². The third-order valence-corrected chi connectivity index (χ3v) is 3.33. The van der Waals surface area contributed by atoms with Gasteiger partial charge in [0.15, 0.2) is 0 Å². The zero-order valence-corrected chi connectivity index (χ0v) is 12.8. The number of aryl methyl sites for hydroxylation is 2. The molecule has 23 heavy (non-hydrogen) atoms. The molecule has 7 heteroatoms. The Kier molecular flexibility index (Phi) is 4.68. The Morgan fingerprint density at radius 2 is 1.83 bits per heavy atom. The van der Waals surface area contributed by atoms with Crippen LogP contribution in [0.3, 0.4) is 0 Å². The van der Waals surface area contributed by atoms with Crippen molar-refractivity contribution in [1.82, 2.24) is 14.9 Å². The third kappa shape index (κ3) is 4.06. The van der Waals surface area contributed by atoms with Crippen molar-refractivity contribution in [2.24, 2.45) is 0 Å². The Morgan fingerprint density at radius 3 is 2.39 bits per heavy atom. The van der Waals surface area contributed by atoms with Crippen LogP contribution in [0.2, 0.25) is 0 Å². The number of rotatable bonds is 4. The molecule has 1 aromatic carbocycles. The topological polar surface area (TPSA) is 46.1 Å². The van der Waals surface area contributed by atoms with Gasteiger partial charge in [-0.05, 0) is 32.0 Å². The fourth-order valence-electron chi connectivity index (χ4n) is 2.14. The minimum Gasteiger partial charge on any atom is -0.326 e. The summed E-state index contributed by atoms with van der Waals surface area (Å²) in [6.07, 6.45) is -3.21. The molecule has 0 aliphatic heterocycles. The number of carbonyl (C=O) groups is 1. The van der Waals surface area contributed by atoms with Crippen molar-refractivity contribution in [2.45, 2.75) is 20.0 Å². The fourth-order valence-corrected chi connectivity index (χ4v) is 2.14. The highest BCUT2D eigenvalue weighted by Crippen LogP contribution is 2.20. The predicted molar refractivity (Wildman–Crippen MR) is 81.2 cm³/mol. The summed E-state index contributed by atoms with van der Waals surface area (Å²) in [5, 5.41) is 0. The minimum absolute atomic E-state index is 0.140. The molecule has 0 radical (unpaired) electrons. The molecule has 0 fully saturated rings. The molecule has 1 heterocycles. The van der Waals surface area contributed by atoms with Gasteiger partial charge in [0.05, 0.1) is 22.4 Å². The van der Waals surface area contributed by atoms with Gasteiger partial charge < -0.3 is 4.90 Å². The van der Waals surface area contributed by atoms with Gasteiger partial charge in [-0.25, -0.2) is 9.97 Å². The second kappa shape index (κ2) is 6.36. The number of alkyl halides is 3. The smallest absolute Gasteiger partial charge is 0.326 e. The van der Waals surface area contributed by atoms with E-state index in [0.717, 1.165) is 5.69 Å². The molecule has 0 spiro atoms. The van der Waals surface area contributed by atoms with E-state index in [1.54, 1.807) is 13.0 Å². The maximum atomic E-state index is 12.6. The second-order valence-corrected chi connectivity index (χ2v) is 5.19. The summed E-state index contributed by atoms with van der Waals surface area (Å²) in [5.74, 6) is -0.718. The van der Waals surface area contributed by atoms with Crippen LogP contribution in [0.25, 0.3) is 11.0 Å². The molecule has 0 saturated carbocycles. The van der Waals surface area contributed by atoms with Crippen LogP contribution in [0.5, 0.6) is 0 Å². The van der Waals surface area contributed by atoms with Crippen LogP contribution >= 0.6 is 0 Å². The standard InChI is InChI=1S/C16H16F3N3O/c1-4-7-22(9-16(17,18)19)15(23)12-5-6-13-14(8-12)21-11(3)10(2)20-13/h4-6,8H,1,7,9H2,2-3H3.